The highest BCUT2D eigenvalue weighted by molar-refractivity contribution is 5.21. The fraction of sp³-hybridized carbons (Fsp3) is 0.455. The average Bonchev–Trinajstić information content (AvgIpc) is 2.66. The van der Waals surface area contributed by atoms with E-state index in [-0.39, 0.29) is 24.5 Å². The molecule has 2 nitrogen and oxygen atoms in total. The molecule has 3 heteroatoms. The average molecular weight is 195 g/mol. The molecule has 1 aliphatic heterocycles. The summed E-state index contributed by atoms with van der Waals surface area (Å²) in [6.07, 6.45) is 1.92. The van der Waals surface area contributed by atoms with Crippen molar-refractivity contribution >= 4 is 0 Å². The zero-order valence-corrected chi connectivity index (χ0v) is 7.91. The van der Waals surface area contributed by atoms with Crippen LogP contribution in [0.25, 0.3) is 0 Å². The van der Waals surface area contributed by atoms with Gasteiger partial charge in [0.05, 0.1) is 6.61 Å². The van der Waals surface area contributed by atoms with Crippen LogP contribution in [0.5, 0.6) is 0 Å². The molecule has 1 aromatic rings. The predicted octanol–water partition coefficient (Wildman–Crippen LogP) is 1.61. The van der Waals surface area contributed by atoms with E-state index in [1.165, 1.54) is 6.07 Å². The molecule has 1 aliphatic rings. The molecule has 2 N–H and O–H groups in total. The van der Waals surface area contributed by atoms with E-state index in [1.54, 1.807) is 12.1 Å². The van der Waals surface area contributed by atoms with Crippen LogP contribution in [0.15, 0.2) is 24.3 Å². The van der Waals surface area contributed by atoms with Crippen LogP contribution in [0.2, 0.25) is 0 Å². The van der Waals surface area contributed by atoms with Gasteiger partial charge in [-0.1, -0.05) is 12.1 Å². The maximum atomic E-state index is 12.9. The van der Waals surface area contributed by atoms with E-state index < -0.39 is 0 Å². The van der Waals surface area contributed by atoms with Gasteiger partial charge in [-0.05, 0) is 30.5 Å². The Labute approximate surface area is 82.8 Å². The molecule has 1 heterocycles. The lowest BCUT2D eigenvalue weighted by molar-refractivity contribution is 0.251. The van der Waals surface area contributed by atoms with Gasteiger partial charge in [0.15, 0.2) is 0 Å². The van der Waals surface area contributed by atoms with Crippen molar-refractivity contribution in [2.24, 2.45) is 0 Å². The summed E-state index contributed by atoms with van der Waals surface area (Å²) in [5.74, 6) is -0.197. The molecule has 14 heavy (non-hydrogen) atoms. The number of aliphatic hydroxyl groups excluding tert-OH is 1. The van der Waals surface area contributed by atoms with Gasteiger partial charge in [-0.25, -0.2) is 4.39 Å². The molecule has 1 aromatic carbocycles. The third kappa shape index (κ3) is 1.94. The van der Waals surface area contributed by atoms with Crippen LogP contribution in [0, 0.1) is 5.82 Å². The Bertz CT molecular complexity index is 316. The van der Waals surface area contributed by atoms with Crippen molar-refractivity contribution < 1.29 is 9.50 Å². The van der Waals surface area contributed by atoms with Crippen LogP contribution in [0.1, 0.15) is 24.4 Å². The highest BCUT2D eigenvalue weighted by atomic mass is 19.1. The van der Waals surface area contributed by atoms with Crippen LogP contribution in [0.4, 0.5) is 4.39 Å². The van der Waals surface area contributed by atoms with Crippen molar-refractivity contribution in [1.29, 1.82) is 0 Å². The quantitative estimate of drug-likeness (QED) is 0.751. The summed E-state index contributed by atoms with van der Waals surface area (Å²) < 4.78 is 12.9. The van der Waals surface area contributed by atoms with Gasteiger partial charge >= 0.3 is 0 Å². The molecule has 0 aliphatic carbocycles. The van der Waals surface area contributed by atoms with E-state index >= 15 is 0 Å². The van der Waals surface area contributed by atoms with Gasteiger partial charge < -0.3 is 10.4 Å². The molecule has 0 spiro atoms. The van der Waals surface area contributed by atoms with Gasteiger partial charge in [0.25, 0.3) is 0 Å². The molecular formula is C11H14FNO. The summed E-state index contributed by atoms with van der Waals surface area (Å²) in [6, 6.07) is 7.00. The number of hydrogen-bond donors (Lipinski definition) is 2. The Morgan fingerprint density at radius 2 is 2.29 bits per heavy atom. The fourth-order valence-corrected chi connectivity index (χ4v) is 1.95. The van der Waals surface area contributed by atoms with Crippen molar-refractivity contribution in [3.05, 3.63) is 35.6 Å². The van der Waals surface area contributed by atoms with E-state index in [2.05, 4.69) is 5.32 Å². The molecule has 2 unspecified atom stereocenters. The van der Waals surface area contributed by atoms with Gasteiger partial charge in [-0.3, -0.25) is 0 Å². The summed E-state index contributed by atoms with van der Waals surface area (Å²) in [5.41, 5.74) is 0.973. The third-order valence-electron chi connectivity index (χ3n) is 2.71. The molecule has 0 aromatic heterocycles. The van der Waals surface area contributed by atoms with Crippen LogP contribution in [0.3, 0.4) is 0 Å². The van der Waals surface area contributed by atoms with E-state index in [0.29, 0.717) is 0 Å². The third-order valence-corrected chi connectivity index (χ3v) is 2.71. The zero-order chi connectivity index (χ0) is 9.97. The number of hydrogen-bond acceptors (Lipinski definition) is 2. The van der Waals surface area contributed by atoms with E-state index in [4.69, 9.17) is 5.11 Å². The molecule has 0 radical (unpaired) electrons. The topological polar surface area (TPSA) is 32.3 Å². The normalized spacial score (nSPS) is 26.7. The first-order valence-electron chi connectivity index (χ1n) is 4.92. The van der Waals surface area contributed by atoms with Crippen molar-refractivity contribution in [1.82, 2.24) is 5.32 Å². The first-order valence-corrected chi connectivity index (χ1v) is 4.92. The lowest BCUT2D eigenvalue weighted by Gasteiger charge is -2.12. The summed E-state index contributed by atoms with van der Waals surface area (Å²) in [7, 11) is 0. The number of halogens is 1. The summed E-state index contributed by atoms with van der Waals surface area (Å²) in [5, 5.41) is 12.2. The van der Waals surface area contributed by atoms with Crippen LogP contribution in [-0.2, 0) is 0 Å². The monoisotopic (exact) mass is 195 g/mol. The van der Waals surface area contributed by atoms with Gasteiger partial charge in [0.2, 0.25) is 0 Å². The number of nitrogens with one attached hydrogen (secondary N) is 1. The molecule has 76 valence electrons. The van der Waals surface area contributed by atoms with Gasteiger partial charge in [-0.15, -0.1) is 0 Å². The molecule has 0 bridgehead atoms. The largest absolute Gasteiger partial charge is 0.395 e. The minimum absolute atomic E-state index is 0.159. The van der Waals surface area contributed by atoms with Crippen molar-refractivity contribution in [3.8, 4) is 0 Å². The molecule has 2 atom stereocenters. The van der Waals surface area contributed by atoms with Crippen molar-refractivity contribution in [3.63, 3.8) is 0 Å². The summed E-state index contributed by atoms with van der Waals surface area (Å²) in [6.45, 7) is 0.159. The summed E-state index contributed by atoms with van der Waals surface area (Å²) >= 11 is 0. The lowest BCUT2D eigenvalue weighted by atomic mass is 10.1. The van der Waals surface area contributed by atoms with Crippen LogP contribution in [-0.4, -0.2) is 17.8 Å². The van der Waals surface area contributed by atoms with Crippen molar-refractivity contribution in [2.75, 3.05) is 6.61 Å². The second-order valence-electron chi connectivity index (χ2n) is 3.73. The second kappa shape index (κ2) is 4.07. The maximum absolute atomic E-state index is 12.9. The maximum Gasteiger partial charge on any atom is 0.123 e. The Hall–Kier alpha value is -0.930. The number of rotatable bonds is 2. The van der Waals surface area contributed by atoms with E-state index in [9.17, 15) is 4.39 Å². The Morgan fingerprint density at radius 1 is 1.43 bits per heavy atom. The highest BCUT2D eigenvalue weighted by Crippen LogP contribution is 2.26. The molecule has 1 fully saturated rings. The Balaban J connectivity index is 2.09. The molecule has 0 amide bonds. The molecule has 2 rings (SSSR count). The van der Waals surface area contributed by atoms with Crippen molar-refractivity contribution in [2.45, 2.75) is 24.9 Å². The second-order valence-corrected chi connectivity index (χ2v) is 3.73. The van der Waals surface area contributed by atoms with E-state index in [1.807, 2.05) is 6.07 Å². The standard InChI is InChI=1S/C11H14FNO/c12-9-3-1-2-8(6-9)11-5-4-10(7-14)13-11/h1-3,6,10-11,13-14H,4-5,7H2. The van der Waals surface area contributed by atoms with E-state index in [0.717, 1.165) is 18.4 Å². The zero-order valence-electron chi connectivity index (χ0n) is 7.91. The summed E-state index contributed by atoms with van der Waals surface area (Å²) in [4.78, 5) is 0. The van der Waals surface area contributed by atoms with Crippen LogP contribution < -0.4 is 5.32 Å². The van der Waals surface area contributed by atoms with Gasteiger partial charge in [0, 0.05) is 12.1 Å². The number of benzene rings is 1. The Morgan fingerprint density at radius 3 is 2.93 bits per heavy atom. The van der Waals surface area contributed by atoms with Gasteiger partial charge in [-0.2, -0.15) is 0 Å². The van der Waals surface area contributed by atoms with Crippen LogP contribution >= 0.6 is 0 Å². The molecule has 0 saturated carbocycles. The first kappa shape index (κ1) is 9.62. The Kier molecular flexibility index (Phi) is 2.79. The molecule has 1 saturated heterocycles. The number of aliphatic hydroxyl groups is 1. The smallest absolute Gasteiger partial charge is 0.123 e. The lowest BCUT2D eigenvalue weighted by Crippen LogP contribution is -2.27. The van der Waals surface area contributed by atoms with Gasteiger partial charge in [0.1, 0.15) is 5.82 Å². The minimum atomic E-state index is -0.197. The minimum Gasteiger partial charge on any atom is -0.395 e. The predicted molar refractivity (Wildman–Crippen MR) is 52.4 cm³/mol. The SMILES string of the molecule is OCC1CCC(c2cccc(F)c2)N1. The fourth-order valence-electron chi connectivity index (χ4n) is 1.95. The first-order chi connectivity index (χ1) is 6.79. The molecular weight excluding hydrogens is 181 g/mol. The highest BCUT2D eigenvalue weighted by Gasteiger charge is 2.24.